The molecule has 0 heterocycles. The number of carbonyl (C=O) groups excluding carboxylic acids is 2. The molecule has 1 unspecified atom stereocenters. The van der Waals surface area contributed by atoms with Crippen LogP contribution in [0, 0.1) is 0 Å². The first kappa shape index (κ1) is 15.5. The zero-order valence-corrected chi connectivity index (χ0v) is 12.0. The lowest BCUT2D eigenvalue weighted by Crippen LogP contribution is -2.53. The zero-order valence-electron chi connectivity index (χ0n) is 11.0. The van der Waals surface area contributed by atoms with E-state index in [1.807, 2.05) is 13.8 Å². The first-order valence-electron chi connectivity index (χ1n) is 5.50. The third-order valence-corrected chi connectivity index (χ3v) is 7.34. The fraction of sp³-hybridized carbons (Fsp3) is 0.818. The van der Waals surface area contributed by atoms with Gasteiger partial charge in [-0.15, -0.1) is 0 Å². The van der Waals surface area contributed by atoms with Crippen LogP contribution in [0.3, 0.4) is 0 Å². The van der Waals surface area contributed by atoms with Crippen molar-refractivity contribution in [2.24, 2.45) is 0 Å². The molecule has 0 rings (SSSR count). The van der Waals surface area contributed by atoms with Crippen LogP contribution in [0.25, 0.3) is 0 Å². The van der Waals surface area contributed by atoms with Gasteiger partial charge in [-0.25, -0.2) is 0 Å². The quantitative estimate of drug-likeness (QED) is 0.510. The van der Waals surface area contributed by atoms with E-state index in [1.165, 1.54) is 21.1 Å². The van der Waals surface area contributed by atoms with Gasteiger partial charge in [0.2, 0.25) is 0 Å². The minimum atomic E-state index is -2.80. The summed E-state index contributed by atoms with van der Waals surface area (Å²) in [5.74, 6) is -0.243. The summed E-state index contributed by atoms with van der Waals surface area (Å²) >= 11 is 0. The number of hydrogen-bond donors (Lipinski definition) is 0. The van der Waals surface area contributed by atoms with E-state index in [0.717, 1.165) is 0 Å². The summed E-state index contributed by atoms with van der Waals surface area (Å²) < 4.78 is 10.9. The zero-order chi connectivity index (χ0) is 12.9. The van der Waals surface area contributed by atoms with Gasteiger partial charge in [-0.2, -0.15) is 0 Å². The molecule has 1 atom stereocenters. The van der Waals surface area contributed by atoms with E-state index in [-0.39, 0.29) is 17.1 Å². The molecule has 0 bridgehead atoms. The van der Waals surface area contributed by atoms with Crippen LogP contribution in [0.4, 0.5) is 0 Å². The summed E-state index contributed by atoms with van der Waals surface area (Å²) in [6.07, 6.45) is 0.332. The second-order valence-corrected chi connectivity index (χ2v) is 8.14. The van der Waals surface area contributed by atoms with Crippen molar-refractivity contribution in [3.05, 3.63) is 0 Å². The third-order valence-electron chi connectivity index (χ3n) is 2.92. The van der Waals surface area contributed by atoms with Gasteiger partial charge in [-0.1, -0.05) is 20.8 Å². The van der Waals surface area contributed by atoms with Gasteiger partial charge in [0.15, 0.2) is 0 Å². The Morgan fingerprint density at radius 3 is 1.81 bits per heavy atom. The van der Waals surface area contributed by atoms with E-state index in [2.05, 4.69) is 0 Å². The van der Waals surface area contributed by atoms with Crippen LogP contribution >= 0.6 is 0 Å². The smallest absolute Gasteiger partial charge is 0.358 e. The van der Waals surface area contributed by atoms with Crippen molar-refractivity contribution in [1.29, 1.82) is 0 Å². The molecule has 94 valence electrons. The third kappa shape index (κ3) is 2.78. The molecular weight excluding hydrogens is 224 g/mol. The molecule has 16 heavy (non-hydrogen) atoms. The minimum Gasteiger partial charge on any atom is -0.397 e. The Morgan fingerprint density at radius 2 is 1.62 bits per heavy atom. The van der Waals surface area contributed by atoms with Crippen LogP contribution < -0.4 is 0 Å². The maximum Gasteiger partial charge on any atom is 0.358 e. The molecule has 0 aromatic heterocycles. The van der Waals surface area contributed by atoms with E-state index in [4.69, 9.17) is 8.85 Å². The fourth-order valence-electron chi connectivity index (χ4n) is 2.06. The van der Waals surface area contributed by atoms with Crippen molar-refractivity contribution in [2.45, 2.75) is 45.2 Å². The first-order valence-corrected chi connectivity index (χ1v) is 7.47. The summed E-state index contributed by atoms with van der Waals surface area (Å²) in [6, 6.07) is 0. The number of Topliss-reactive ketones (excluding diaryl/α,β-unsaturated/α-hetero) is 2. The summed E-state index contributed by atoms with van der Waals surface area (Å²) in [5.41, 5.74) is -0.667. The van der Waals surface area contributed by atoms with E-state index in [0.29, 0.717) is 6.42 Å². The average molecular weight is 246 g/mol. The highest BCUT2D eigenvalue weighted by Crippen LogP contribution is 2.35. The van der Waals surface area contributed by atoms with Crippen LogP contribution in [0.1, 0.15) is 34.1 Å². The molecule has 0 N–H and O–H groups in total. The van der Waals surface area contributed by atoms with E-state index < -0.39 is 14.1 Å². The Hall–Kier alpha value is -0.523. The van der Waals surface area contributed by atoms with Crippen molar-refractivity contribution in [2.75, 3.05) is 14.2 Å². The number of carbonyl (C=O) groups is 2. The molecule has 0 aliphatic rings. The van der Waals surface area contributed by atoms with Gasteiger partial charge < -0.3 is 8.85 Å². The monoisotopic (exact) mass is 246 g/mol. The van der Waals surface area contributed by atoms with Gasteiger partial charge in [0.25, 0.3) is 0 Å². The summed E-state index contributed by atoms with van der Waals surface area (Å²) in [7, 11) is 0.248. The van der Waals surface area contributed by atoms with Crippen LogP contribution in [0.2, 0.25) is 11.1 Å². The molecule has 4 nitrogen and oxygen atoms in total. The molecule has 0 aromatic carbocycles. The largest absolute Gasteiger partial charge is 0.397 e. The predicted octanol–water partition coefficient (Wildman–Crippen LogP) is 2.07. The Labute approximate surface area is 98.6 Å². The van der Waals surface area contributed by atoms with Gasteiger partial charge in [-0.3, -0.25) is 9.59 Å². The van der Waals surface area contributed by atoms with Crippen LogP contribution in [-0.2, 0) is 18.4 Å². The second kappa shape index (κ2) is 6.27. The highest BCUT2D eigenvalue weighted by molar-refractivity contribution is 6.77. The summed E-state index contributed by atoms with van der Waals surface area (Å²) in [6.45, 7) is 7.04. The van der Waals surface area contributed by atoms with Gasteiger partial charge in [0.05, 0.1) is 0 Å². The SMILES string of the molecule is CCC(=O)C(C(C)=O)[Si](OC)(OC)C(C)C. The van der Waals surface area contributed by atoms with Gasteiger partial charge in [-0.05, 0) is 12.5 Å². The van der Waals surface area contributed by atoms with E-state index in [9.17, 15) is 9.59 Å². The van der Waals surface area contributed by atoms with Gasteiger partial charge in [0, 0.05) is 20.6 Å². The lowest BCUT2D eigenvalue weighted by atomic mass is 10.2. The molecule has 0 aliphatic carbocycles. The first-order chi connectivity index (χ1) is 7.37. The molecule has 5 heteroatoms. The van der Waals surface area contributed by atoms with Crippen molar-refractivity contribution < 1.29 is 18.4 Å². The van der Waals surface area contributed by atoms with Crippen molar-refractivity contribution in [3.63, 3.8) is 0 Å². The van der Waals surface area contributed by atoms with Crippen molar-refractivity contribution >= 4 is 20.1 Å². The van der Waals surface area contributed by atoms with Crippen LogP contribution in [0.5, 0.6) is 0 Å². The van der Waals surface area contributed by atoms with Crippen LogP contribution in [0.15, 0.2) is 0 Å². The second-order valence-electron chi connectivity index (χ2n) is 4.15. The van der Waals surface area contributed by atoms with Gasteiger partial charge in [0.1, 0.15) is 17.1 Å². The maximum absolute atomic E-state index is 11.9. The van der Waals surface area contributed by atoms with Crippen molar-refractivity contribution in [1.82, 2.24) is 0 Å². The van der Waals surface area contributed by atoms with Gasteiger partial charge >= 0.3 is 8.56 Å². The molecular formula is C11H22O4Si. The molecule has 0 saturated heterocycles. The molecule has 0 fully saturated rings. The molecule has 0 aliphatic heterocycles. The molecule has 0 aromatic rings. The Morgan fingerprint density at radius 1 is 1.19 bits per heavy atom. The highest BCUT2D eigenvalue weighted by Gasteiger charge is 2.53. The lowest BCUT2D eigenvalue weighted by molar-refractivity contribution is -0.126. The van der Waals surface area contributed by atoms with Crippen molar-refractivity contribution in [3.8, 4) is 0 Å². The normalized spacial score (nSPS) is 13.9. The molecule has 0 radical (unpaired) electrons. The minimum absolute atomic E-state index is 0.0481. The lowest BCUT2D eigenvalue weighted by Gasteiger charge is -2.35. The maximum atomic E-state index is 11.9. The summed E-state index contributed by atoms with van der Waals surface area (Å²) in [4.78, 5) is 23.5. The highest BCUT2D eigenvalue weighted by atomic mass is 28.4. The molecule has 0 amide bonds. The average Bonchev–Trinajstić information content (AvgIpc) is 2.23. The molecule has 0 saturated carbocycles. The topological polar surface area (TPSA) is 52.6 Å². The fourth-order valence-corrected chi connectivity index (χ4v) is 5.53. The number of rotatable bonds is 7. The standard InChI is InChI=1S/C11H22O4Si/c1-7-10(13)11(9(4)12)16(14-5,15-6)8(2)3/h8,11H,7H2,1-6H3. The van der Waals surface area contributed by atoms with E-state index in [1.54, 1.807) is 6.92 Å². The van der Waals surface area contributed by atoms with Crippen LogP contribution in [-0.4, -0.2) is 34.3 Å². The Bertz CT molecular complexity index is 259. The predicted molar refractivity (Wildman–Crippen MR) is 64.6 cm³/mol. The number of hydrogen-bond acceptors (Lipinski definition) is 4. The van der Waals surface area contributed by atoms with E-state index >= 15 is 0 Å². The summed E-state index contributed by atoms with van der Waals surface area (Å²) in [5, 5.41) is 0. The Kier molecular flexibility index (Phi) is 6.07. The number of ketones is 2. The Balaban J connectivity index is 5.42. The molecule has 0 spiro atoms.